The Kier molecular flexibility index (Phi) is 3.44. The van der Waals surface area contributed by atoms with Gasteiger partial charge in [-0.25, -0.2) is 0 Å². The summed E-state index contributed by atoms with van der Waals surface area (Å²) in [6.45, 7) is 3.49. The molecule has 0 radical (unpaired) electrons. The van der Waals surface area contributed by atoms with E-state index in [1.54, 1.807) is 13.2 Å². The van der Waals surface area contributed by atoms with E-state index in [-0.39, 0.29) is 5.91 Å². The molecule has 1 aliphatic heterocycles. The van der Waals surface area contributed by atoms with E-state index in [1.165, 1.54) is 5.57 Å². The maximum absolute atomic E-state index is 11.9. The molecule has 4 heteroatoms. The summed E-state index contributed by atoms with van der Waals surface area (Å²) in [6.07, 6.45) is 0. The summed E-state index contributed by atoms with van der Waals surface area (Å²) in [6, 6.07) is 7.34. The molecule has 0 aliphatic carbocycles. The Bertz CT molecular complexity index is 460. The molecule has 1 fully saturated rings. The van der Waals surface area contributed by atoms with Crippen LogP contribution in [0.15, 0.2) is 35.4 Å². The zero-order valence-corrected chi connectivity index (χ0v) is 10.0. The van der Waals surface area contributed by atoms with Gasteiger partial charge in [0.15, 0.2) is 0 Å². The number of nitrogens with one attached hydrogen (secondary N) is 2. The molecule has 1 amide bonds. The minimum Gasteiger partial charge on any atom is -0.497 e. The van der Waals surface area contributed by atoms with E-state index in [0.29, 0.717) is 0 Å². The van der Waals surface area contributed by atoms with E-state index >= 15 is 0 Å². The van der Waals surface area contributed by atoms with E-state index in [9.17, 15) is 4.79 Å². The molecule has 0 saturated carbocycles. The highest BCUT2D eigenvalue weighted by atomic mass is 16.5. The number of carbonyl (C=O) groups excluding carboxylic acids is 1. The molecule has 17 heavy (non-hydrogen) atoms. The number of carbonyl (C=O) groups is 1. The van der Waals surface area contributed by atoms with Crippen molar-refractivity contribution in [2.45, 2.75) is 6.92 Å². The monoisotopic (exact) mass is 232 g/mol. The lowest BCUT2D eigenvalue weighted by Crippen LogP contribution is -2.36. The maximum atomic E-state index is 11.9. The van der Waals surface area contributed by atoms with Crippen LogP contribution in [0.3, 0.4) is 0 Å². The summed E-state index contributed by atoms with van der Waals surface area (Å²) in [7, 11) is 1.61. The molecule has 2 rings (SSSR count). The lowest BCUT2D eigenvalue weighted by Gasteiger charge is -2.21. The number of methoxy groups -OCH3 is 1. The molecule has 1 aliphatic rings. The molecule has 2 N–H and O–H groups in total. The Hall–Kier alpha value is -1.81. The molecule has 0 bridgehead atoms. The SMILES string of the molecule is COc1cccc(NC(=O)C(C)=C2CNC2)c1. The van der Waals surface area contributed by atoms with E-state index < -0.39 is 0 Å². The molecule has 1 aromatic carbocycles. The number of rotatable bonds is 3. The van der Waals surface area contributed by atoms with Gasteiger partial charge in [-0.05, 0) is 24.6 Å². The van der Waals surface area contributed by atoms with Gasteiger partial charge >= 0.3 is 0 Å². The van der Waals surface area contributed by atoms with E-state index in [0.717, 1.165) is 30.1 Å². The highest BCUT2D eigenvalue weighted by Crippen LogP contribution is 2.18. The summed E-state index contributed by atoms with van der Waals surface area (Å²) < 4.78 is 5.10. The smallest absolute Gasteiger partial charge is 0.251 e. The van der Waals surface area contributed by atoms with Crippen molar-refractivity contribution in [3.8, 4) is 5.75 Å². The Morgan fingerprint density at radius 2 is 2.18 bits per heavy atom. The van der Waals surface area contributed by atoms with Crippen LogP contribution < -0.4 is 15.4 Å². The molecular formula is C13H16N2O2. The average molecular weight is 232 g/mol. The molecular weight excluding hydrogens is 216 g/mol. The minimum absolute atomic E-state index is 0.0465. The predicted octanol–water partition coefficient (Wildman–Crippen LogP) is 1.55. The molecule has 4 nitrogen and oxygen atoms in total. The molecule has 1 heterocycles. The number of benzene rings is 1. The molecule has 0 atom stereocenters. The minimum atomic E-state index is -0.0465. The van der Waals surface area contributed by atoms with Crippen LogP contribution in [0.25, 0.3) is 0 Å². The van der Waals surface area contributed by atoms with Crippen molar-refractivity contribution in [2.24, 2.45) is 0 Å². The predicted molar refractivity (Wildman–Crippen MR) is 67.2 cm³/mol. The first kappa shape index (κ1) is 11.7. The summed E-state index contributed by atoms with van der Waals surface area (Å²) in [4.78, 5) is 11.9. The summed E-state index contributed by atoms with van der Waals surface area (Å²) in [5, 5.41) is 5.98. The zero-order chi connectivity index (χ0) is 12.3. The van der Waals surface area contributed by atoms with Crippen molar-refractivity contribution >= 4 is 11.6 Å². The van der Waals surface area contributed by atoms with Crippen molar-refractivity contribution in [1.82, 2.24) is 5.32 Å². The maximum Gasteiger partial charge on any atom is 0.251 e. The van der Waals surface area contributed by atoms with Crippen LogP contribution in [-0.4, -0.2) is 26.1 Å². The molecule has 1 saturated heterocycles. The van der Waals surface area contributed by atoms with Gasteiger partial charge in [-0.3, -0.25) is 4.79 Å². The van der Waals surface area contributed by atoms with Crippen molar-refractivity contribution in [2.75, 3.05) is 25.5 Å². The second kappa shape index (κ2) is 5.01. The van der Waals surface area contributed by atoms with Crippen LogP contribution in [0.1, 0.15) is 6.92 Å². The summed E-state index contributed by atoms with van der Waals surface area (Å²) in [5.74, 6) is 0.688. The van der Waals surface area contributed by atoms with Gasteiger partial charge in [-0.15, -0.1) is 0 Å². The lowest BCUT2D eigenvalue weighted by molar-refractivity contribution is -0.112. The van der Waals surface area contributed by atoms with Crippen molar-refractivity contribution in [3.63, 3.8) is 0 Å². The zero-order valence-electron chi connectivity index (χ0n) is 10.0. The highest BCUT2D eigenvalue weighted by Gasteiger charge is 2.15. The molecule has 0 aromatic heterocycles. The van der Waals surface area contributed by atoms with Crippen LogP contribution in [0, 0.1) is 0 Å². The molecule has 1 aromatic rings. The van der Waals surface area contributed by atoms with Crippen molar-refractivity contribution < 1.29 is 9.53 Å². The van der Waals surface area contributed by atoms with Crippen molar-refractivity contribution in [3.05, 3.63) is 35.4 Å². The van der Waals surface area contributed by atoms with Crippen LogP contribution >= 0.6 is 0 Å². The number of hydrogen-bond donors (Lipinski definition) is 2. The fourth-order valence-corrected chi connectivity index (χ4v) is 1.60. The first-order valence-electron chi connectivity index (χ1n) is 5.55. The molecule has 0 spiro atoms. The van der Waals surface area contributed by atoms with Gasteiger partial charge in [0.05, 0.1) is 7.11 Å². The van der Waals surface area contributed by atoms with Crippen LogP contribution in [0.4, 0.5) is 5.69 Å². The fraction of sp³-hybridized carbons (Fsp3) is 0.308. The first-order chi connectivity index (χ1) is 8.20. The molecule has 90 valence electrons. The van der Waals surface area contributed by atoms with Crippen LogP contribution in [0.5, 0.6) is 5.75 Å². The Balaban J connectivity index is 2.07. The third-order valence-electron chi connectivity index (χ3n) is 2.88. The summed E-state index contributed by atoms with van der Waals surface area (Å²) in [5.41, 5.74) is 2.72. The van der Waals surface area contributed by atoms with E-state index in [2.05, 4.69) is 10.6 Å². The van der Waals surface area contributed by atoms with Crippen LogP contribution in [-0.2, 0) is 4.79 Å². The van der Waals surface area contributed by atoms with Gasteiger partial charge in [0.1, 0.15) is 5.75 Å². The standard InChI is InChI=1S/C13H16N2O2/c1-9(10-7-14-8-10)13(16)15-11-4-3-5-12(6-11)17-2/h3-6,14H,7-8H2,1-2H3,(H,15,16). The van der Waals surface area contributed by atoms with Gasteiger partial charge in [0, 0.05) is 30.4 Å². The topological polar surface area (TPSA) is 50.4 Å². The van der Waals surface area contributed by atoms with Crippen LogP contribution in [0.2, 0.25) is 0 Å². The lowest BCUT2D eigenvalue weighted by atomic mass is 10.0. The van der Waals surface area contributed by atoms with Gasteiger partial charge in [0.25, 0.3) is 5.91 Å². The van der Waals surface area contributed by atoms with E-state index in [4.69, 9.17) is 4.74 Å². The Morgan fingerprint density at radius 1 is 1.41 bits per heavy atom. The second-order valence-corrected chi connectivity index (χ2v) is 4.02. The summed E-state index contributed by atoms with van der Waals surface area (Å²) >= 11 is 0. The largest absolute Gasteiger partial charge is 0.497 e. The first-order valence-corrected chi connectivity index (χ1v) is 5.55. The van der Waals surface area contributed by atoms with E-state index in [1.807, 2.05) is 25.1 Å². The third kappa shape index (κ3) is 2.65. The number of hydrogen-bond acceptors (Lipinski definition) is 3. The average Bonchev–Trinajstić information content (AvgIpc) is 2.27. The number of anilines is 1. The van der Waals surface area contributed by atoms with Gasteiger partial charge in [0.2, 0.25) is 0 Å². The second-order valence-electron chi connectivity index (χ2n) is 4.02. The number of amides is 1. The Labute approximate surface area is 101 Å². The quantitative estimate of drug-likeness (QED) is 0.777. The van der Waals surface area contributed by atoms with Crippen molar-refractivity contribution in [1.29, 1.82) is 0 Å². The fourth-order valence-electron chi connectivity index (χ4n) is 1.60. The molecule has 0 unspecified atom stereocenters. The normalized spacial score (nSPS) is 13.9. The third-order valence-corrected chi connectivity index (χ3v) is 2.88. The highest BCUT2D eigenvalue weighted by molar-refractivity contribution is 6.04. The van der Waals surface area contributed by atoms with Gasteiger partial charge < -0.3 is 15.4 Å². The van der Waals surface area contributed by atoms with Gasteiger partial charge in [-0.2, -0.15) is 0 Å². The number of ether oxygens (including phenoxy) is 1. The Morgan fingerprint density at radius 3 is 2.76 bits per heavy atom. The van der Waals surface area contributed by atoms with Gasteiger partial charge in [-0.1, -0.05) is 6.07 Å².